The van der Waals surface area contributed by atoms with Crippen molar-refractivity contribution in [1.82, 2.24) is 0 Å². The lowest BCUT2D eigenvalue weighted by Crippen LogP contribution is -2.59. The van der Waals surface area contributed by atoms with Crippen molar-refractivity contribution in [2.45, 2.75) is 83.2 Å². The summed E-state index contributed by atoms with van der Waals surface area (Å²) in [6, 6.07) is 0. The molecule has 0 amide bonds. The van der Waals surface area contributed by atoms with Crippen molar-refractivity contribution in [3.8, 4) is 0 Å². The molecule has 3 heteroatoms. The summed E-state index contributed by atoms with van der Waals surface area (Å²) in [5.74, 6) is 2.49. The molecule has 4 rings (SSSR count). The molecule has 0 unspecified atom stereocenters. The van der Waals surface area contributed by atoms with Gasteiger partial charge in [-0.2, -0.15) is 0 Å². The molecule has 0 aromatic heterocycles. The summed E-state index contributed by atoms with van der Waals surface area (Å²) in [6.07, 6.45) is 4.66. The highest BCUT2D eigenvalue weighted by Gasteiger charge is 2.64. The largest absolute Gasteiger partial charge is 0.371 e. The number of rotatable bonds is 1. The highest BCUT2D eigenvalue weighted by atomic mass is 16.6. The van der Waals surface area contributed by atoms with Crippen LogP contribution in [0.4, 0.5) is 0 Å². The average Bonchev–Trinajstić information content (AvgIpc) is 2.79. The maximum Gasteiger partial charge on any atom is 0.164 e. The van der Waals surface area contributed by atoms with Gasteiger partial charge in [-0.25, -0.2) is 0 Å². The minimum Gasteiger partial charge on any atom is -0.371 e. The van der Waals surface area contributed by atoms with Gasteiger partial charge in [-0.1, -0.05) is 26.0 Å². The summed E-state index contributed by atoms with van der Waals surface area (Å²) in [6.45, 7) is 13.2. The fourth-order valence-electron chi connectivity index (χ4n) is 6.03. The van der Waals surface area contributed by atoms with Crippen LogP contribution in [-0.2, 0) is 14.3 Å². The van der Waals surface area contributed by atoms with Crippen molar-refractivity contribution >= 4 is 5.78 Å². The van der Waals surface area contributed by atoms with Gasteiger partial charge in [0.15, 0.2) is 5.78 Å². The van der Waals surface area contributed by atoms with Gasteiger partial charge in [-0.05, 0) is 50.9 Å². The molecular weight excluding hydrogens is 288 g/mol. The molecule has 4 bridgehead atoms. The maximum atomic E-state index is 12.5. The smallest absolute Gasteiger partial charge is 0.164 e. The van der Waals surface area contributed by atoms with E-state index < -0.39 is 5.60 Å². The maximum absolute atomic E-state index is 12.5. The van der Waals surface area contributed by atoms with E-state index in [-0.39, 0.29) is 23.6 Å². The lowest BCUT2D eigenvalue weighted by molar-refractivity contribution is -0.206. The third-order valence-electron chi connectivity index (χ3n) is 7.20. The zero-order valence-corrected chi connectivity index (χ0v) is 14.9. The van der Waals surface area contributed by atoms with Crippen LogP contribution in [0, 0.1) is 23.7 Å². The fourth-order valence-corrected chi connectivity index (χ4v) is 6.03. The SMILES string of the molecule is C=C1CC[C@H](C(C)C)[C@@H]2[C@H]1[C@H]1C[C@@]3(C)O[C@](C)(CCC3=O)[C@@H]2O1. The summed E-state index contributed by atoms with van der Waals surface area (Å²) in [5.41, 5.74) is 0.350. The Kier molecular flexibility index (Phi) is 3.39. The lowest BCUT2D eigenvalue weighted by Gasteiger charge is -2.51. The van der Waals surface area contributed by atoms with Crippen LogP contribution >= 0.6 is 0 Å². The number of hydrogen-bond acceptors (Lipinski definition) is 3. The minimum atomic E-state index is -0.664. The molecule has 3 saturated heterocycles. The van der Waals surface area contributed by atoms with Gasteiger partial charge in [0.05, 0.1) is 17.8 Å². The van der Waals surface area contributed by atoms with Gasteiger partial charge in [-0.15, -0.1) is 0 Å². The molecular formula is C20H30O3. The van der Waals surface area contributed by atoms with Crippen LogP contribution in [-0.4, -0.2) is 29.2 Å². The monoisotopic (exact) mass is 318 g/mol. The summed E-state index contributed by atoms with van der Waals surface area (Å²) < 4.78 is 13.1. The van der Waals surface area contributed by atoms with Gasteiger partial charge in [0.25, 0.3) is 0 Å². The molecule has 1 aliphatic carbocycles. The number of Topliss-reactive ketones (excluding diaryl/α,β-unsaturated/α-hetero) is 1. The Morgan fingerprint density at radius 3 is 2.70 bits per heavy atom. The highest BCUT2D eigenvalue weighted by Crippen LogP contribution is 2.58. The summed E-state index contributed by atoms with van der Waals surface area (Å²) in [5, 5.41) is 0. The van der Waals surface area contributed by atoms with Gasteiger partial charge in [0.1, 0.15) is 5.60 Å². The van der Waals surface area contributed by atoms with E-state index in [4.69, 9.17) is 9.47 Å². The molecule has 0 N–H and O–H groups in total. The first-order valence-corrected chi connectivity index (χ1v) is 9.32. The molecule has 4 fully saturated rings. The number of carbonyl (C=O) groups is 1. The predicted octanol–water partition coefficient (Wildman–Crippen LogP) is 3.91. The second-order valence-electron chi connectivity index (χ2n) is 9.08. The van der Waals surface area contributed by atoms with E-state index in [2.05, 4.69) is 27.4 Å². The normalized spacial score (nSPS) is 52.5. The van der Waals surface area contributed by atoms with Crippen molar-refractivity contribution in [3.05, 3.63) is 12.2 Å². The average molecular weight is 318 g/mol. The standard InChI is InChI=1S/C20H30O3/c1-11(2)13-7-6-12(3)16-14-10-20(5)15(21)8-9-19(4,23-20)18(22-14)17(13)16/h11,13-14,16-18H,3,6-10H2,1-2,4-5H3/t13-,14-,16-,17-,18-,19-,20-/m1/s1. The van der Waals surface area contributed by atoms with Crippen LogP contribution < -0.4 is 0 Å². The van der Waals surface area contributed by atoms with Gasteiger partial charge < -0.3 is 9.47 Å². The number of carbonyl (C=O) groups excluding carboxylic acids is 1. The quantitative estimate of drug-likeness (QED) is 0.688. The Bertz CT molecular complexity index is 553. The number of ketones is 1. The Hall–Kier alpha value is -0.670. The van der Waals surface area contributed by atoms with Crippen LogP contribution in [0.3, 0.4) is 0 Å². The van der Waals surface area contributed by atoms with Crippen LogP contribution in [0.1, 0.15) is 59.8 Å². The Balaban J connectivity index is 1.78. The number of fused-ring (bicyclic) bond motifs is 8. The second kappa shape index (κ2) is 4.92. The molecule has 4 aliphatic rings. The van der Waals surface area contributed by atoms with E-state index in [1.54, 1.807) is 0 Å². The van der Waals surface area contributed by atoms with Crippen molar-refractivity contribution < 1.29 is 14.3 Å². The lowest BCUT2D eigenvalue weighted by atomic mass is 9.59. The van der Waals surface area contributed by atoms with Gasteiger partial charge >= 0.3 is 0 Å². The van der Waals surface area contributed by atoms with E-state index in [1.165, 1.54) is 12.0 Å². The Labute approximate surface area is 139 Å². The van der Waals surface area contributed by atoms with Crippen LogP contribution in [0.2, 0.25) is 0 Å². The van der Waals surface area contributed by atoms with Crippen molar-refractivity contribution in [2.24, 2.45) is 23.7 Å². The third-order valence-corrected chi connectivity index (χ3v) is 7.20. The Morgan fingerprint density at radius 1 is 1.26 bits per heavy atom. The van der Waals surface area contributed by atoms with Crippen LogP contribution in [0.25, 0.3) is 0 Å². The molecule has 3 heterocycles. The van der Waals surface area contributed by atoms with Crippen LogP contribution in [0.15, 0.2) is 12.2 Å². The summed E-state index contributed by atoms with van der Waals surface area (Å²) in [4.78, 5) is 12.5. The summed E-state index contributed by atoms with van der Waals surface area (Å²) >= 11 is 0. The molecule has 128 valence electrons. The van der Waals surface area contributed by atoms with Crippen molar-refractivity contribution in [2.75, 3.05) is 0 Å². The van der Waals surface area contributed by atoms with Crippen molar-refractivity contribution in [1.29, 1.82) is 0 Å². The molecule has 1 saturated carbocycles. The molecule has 0 radical (unpaired) electrons. The Morgan fingerprint density at radius 2 is 2.00 bits per heavy atom. The van der Waals surface area contributed by atoms with E-state index in [1.807, 2.05) is 6.92 Å². The van der Waals surface area contributed by atoms with E-state index in [0.717, 1.165) is 12.8 Å². The first-order valence-electron chi connectivity index (χ1n) is 9.32. The van der Waals surface area contributed by atoms with Gasteiger partial charge in [0, 0.05) is 18.8 Å². The number of ether oxygens (including phenoxy) is 2. The van der Waals surface area contributed by atoms with Gasteiger partial charge in [-0.3, -0.25) is 4.79 Å². The first-order chi connectivity index (χ1) is 10.8. The van der Waals surface area contributed by atoms with E-state index in [0.29, 0.717) is 36.5 Å². The third kappa shape index (κ3) is 2.12. The molecule has 0 spiro atoms. The predicted molar refractivity (Wildman–Crippen MR) is 89.1 cm³/mol. The van der Waals surface area contributed by atoms with E-state index >= 15 is 0 Å². The second-order valence-corrected chi connectivity index (χ2v) is 9.08. The zero-order chi connectivity index (χ0) is 16.6. The molecule has 23 heavy (non-hydrogen) atoms. The highest BCUT2D eigenvalue weighted by molar-refractivity contribution is 5.88. The zero-order valence-electron chi connectivity index (χ0n) is 14.9. The minimum absolute atomic E-state index is 0.105. The molecule has 3 nitrogen and oxygen atoms in total. The molecule has 0 aromatic rings. The van der Waals surface area contributed by atoms with Gasteiger partial charge in [0.2, 0.25) is 0 Å². The topological polar surface area (TPSA) is 35.5 Å². The first kappa shape index (κ1) is 15.8. The van der Waals surface area contributed by atoms with Crippen molar-refractivity contribution in [3.63, 3.8) is 0 Å². The number of hydrogen-bond donors (Lipinski definition) is 0. The summed E-state index contributed by atoms with van der Waals surface area (Å²) in [7, 11) is 0. The molecule has 0 aromatic carbocycles. The molecule has 3 aliphatic heterocycles. The van der Waals surface area contributed by atoms with E-state index in [9.17, 15) is 4.79 Å². The van der Waals surface area contributed by atoms with Crippen LogP contribution in [0.5, 0.6) is 0 Å². The fraction of sp³-hybridized carbons (Fsp3) is 0.850. The molecule has 7 atom stereocenters.